The van der Waals surface area contributed by atoms with Gasteiger partial charge in [0.1, 0.15) is 37.3 Å². The summed E-state index contributed by atoms with van der Waals surface area (Å²) >= 11 is 0. The molecule has 178 valence electrons. The summed E-state index contributed by atoms with van der Waals surface area (Å²) in [6.45, 7) is -0.987. The molecule has 18 heteroatoms. The third-order valence-electron chi connectivity index (χ3n) is 4.07. The Bertz CT molecular complexity index is 927. The molecule has 1 aromatic heterocycles. The number of aliphatic hydroxyl groups is 2. The zero-order chi connectivity index (χ0) is 23.6. The Kier molecular flexibility index (Phi) is 10.7. The van der Waals surface area contributed by atoms with Gasteiger partial charge in [0.15, 0.2) is 6.23 Å². The zero-order valence-corrected chi connectivity index (χ0v) is 21.8. The van der Waals surface area contributed by atoms with E-state index in [-0.39, 0.29) is 48.5 Å². The molecule has 0 aromatic carbocycles. The summed E-state index contributed by atoms with van der Waals surface area (Å²) in [7, 11) is -5.36. The Labute approximate surface area is 205 Å². The summed E-state index contributed by atoms with van der Waals surface area (Å²) in [4.78, 5) is 38.9. The molecule has 0 amide bonds. The molecule has 1 aliphatic rings. The van der Waals surface area contributed by atoms with E-state index in [1.807, 2.05) is 0 Å². The van der Waals surface area contributed by atoms with Gasteiger partial charge in [-0.3, -0.25) is 13.7 Å². The molecule has 1 aliphatic heterocycles. The Morgan fingerprint density at radius 1 is 1.22 bits per heavy atom. The normalized spacial score (nSPS) is 27.3. The number of anilines is 1. The molecule has 1 saturated heterocycles. The molecule has 0 saturated carbocycles. The number of aromatic nitrogens is 2. The van der Waals surface area contributed by atoms with Crippen molar-refractivity contribution >= 4 is 21.5 Å². The third-order valence-corrected chi connectivity index (χ3v) is 6.64. The molecule has 6 unspecified atom stereocenters. The minimum atomic E-state index is -5.43. The van der Waals surface area contributed by atoms with Crippen molar-refractivity contribution in [2.45, 2.75) is 24.5 Å². The number of likely N-dealkylation sites (N-methyl/N-ethyl adjacent to an activating group) is 1. The molecule has 4 N–H and O–H groups in total. The van der Waals surface area contributed by atoms with E-state index in [1.54, 1.807) is 21.1 Å². The van der Waals surface area contributed by atoms with Gasteiger partial charge >= 0.3 is 35.2 Å². The topological polar surface area (TPSA) is 219 Å². The number of phosphoric ester groups is 2. The standard InChI is InChI=1S/C14H26N4O11P2.Na/c1-18(2,3)6-7-26-30(22,23)29-31(24,25)27-8-9-11(19)12(20)13(28-9)17-5-4-10(15)16-14(17)21;/h4-5,9,11-13,19-20H,6-8H2,1-3H3,(H3-,15,16,21,22,23,24,25);/q;+1/p-1. The van der Waals surface area contributed by atoms with Crippen LogP contribution in [0.4, 0.5) is 5.82 Å². The molecule has 0 aliphatic carbocycles. The maximum absolute atomic E-state index is 11.9. The van der Waals surface area contributed by atoms with Crippen LogP contribution in [-0.2, 0) is 27.2 Å². The Hall–Kier alpha value is -0.220. The summed E-state index contributed by atoms with van der Waals surface area (Å²) in [6, 6.07) is 1.25. The van der Waals surface area contributed by atoms with E-state index in [0.717, 1.165) is 10.8 Å². The van der Waals surface area contributed by atoms with E-state index >= 15 is 0 Å². The first-order valence-corrected chi connectivity index (χ1v) is 11.8. The van der Waals surface area contributed by atoms with Gasteiger partial charge in [-0.25, -0.2) is 9.11 Å². The van der Waals surface area contributed by atoms with Gasteiger partial charge in [-0.05, 0) is 6.07 Å². The molecule has 2 heterocycles. The molecular weight excluding hydrogens is 485 g/mol. The van der Waals surface area contributed by atoms with Gasteiger partial charge in [-0.1, -0.05) is 0 Å². The number of aliphatic hydroxyl groups excluding tert-OH is 2. The molecule has 1 aromatic rings. The molecule has 0 bridgehead atoms. The van der Waals surface area contributed by atoms with Crippen molar-refractivity contribution in [3.8, 4) is 0 Å². The molecular formula is C14H25N4NaO11P2. The van der Waals surface area contributed by atoms with E-state index in [9.17, 15) is 33.9 Å². The van der Waals surface area contributed by atoms with Crippen molar-refractivity contribution < 1.29 is 81.3 Å². The number of nitrogens with zero attached hydrogens (tertiary/aromatic N) is 3. The molecule has 6 atom stereocenters. The Balaban J connectivity index is 0.00000512. The van der Waals surface area contributed by atoms with Gasteiger partial charge in [-0.15, -0.1) is 0 Å². The van der Waals surface area contributed by atoms with Crippen molar-refractivity contribution in [3.63, 3.8) is 0 Å². The number of quaternary nitrogens is 1. The summed E-state index contributed by atoms with van der Waals surface area (Å²) in [6.07, 6.45) is -5.01. The van der Waals surface area contributed by atoms with Crippen LogP contribution in [-0.4, -0.2) is 83.5 Å². The van der Waals surface area contributed by atoms with Crippen LogP contribution in [0.2, 0.25) is 0 Å². The van der Waals surface area contributed by atoms with Gasteiger partial charge in [0.05, 0.1) is 27.7 Å². The van der Waals surface area contributed by atoms with Crippen LogP contribution in [0.1, 0.15) is 6.23 Å². The minimum Gasteiger partial charge on any atom is -0.756 e. The predicted molar refractivity (Wildman–Crippen MR) is 99.9 cm³/mol. The average molecular weight is 510 g/mol. The van der Waals surface area contributed by atoms with Gasteiger partial charge in [-0.2, -0.15) is 4.98 Å². The van der Waals surface area contributed by atoms with Gasteiger partial charge in [0.25, 0.3) is 15.6 Å². The second-order valence-corrected chi connectivity index (χ2v) is 10.7. The van der Waals surface area contributed by atoms with Crippen molar-refractivity contribution in [2.24, 2.45) is 0 Å². The first-order valence-electron chi connectivity index (χ1n) is 8.89. The molecule has 2 rings (SSSR count). The third kappa shape index (κ3) is 8.85. The Morgan fingerprint density at radius 2 is 1.81 bits per heavy atom. The number of rotatable bonds is 10. The first-order chi connectivity index (χ1) is 14.1. The van der Waals surface area contributed by atoms with Crippen LogP contribution in [0.5, 0.6) is 0 Å². The monoisotopic (exact) mass is 510 g/mol. The summed E-state index contributed by atoms with van der Waals surface area (Å²) in [5.74, 6) is -0.0793. The van der Waals surface area contributed by atoms with Crippen LogP contribution in [0.3, 0.4) is 0 Å². The second-order valence-electron chi connectivity index (χ2n) is 7.71. The van der Waals surface area contributed by atoms with Crippen molar-refractivity contribution in [1.29, 1.82) is 0 Å². The maximum Gasteiger partial charge on any atom is 1.00 e. The molecule has 15 nitrogen and oxygen atoms in total. The zero-order valence-electron chi connectivity index (χ0n) is 18.0. The van der Waals surface area contributed by atoms with Crippen molar-refractivity contribution in [3.05, 3.63) is 22.7 Å². The number of hydrogen-bond acceptors (Lipinski definition) is 13. The van der Waals surface area contributed by atoms with Crippen LogP contribution in [0.25, 0.3) is 0 Å². The number of phosphoric acid groups is 2. The summed E-state index contributed by atoms with van der Waals surface area (Å²) < 4.78 is 42.9. The van der Waals surface area contributed by atoms with E-state index in [4.69, 9.17) is 10.5 Å². The largest absolute Gasteiger partial charge is 1.00 e. The fraction of sp³-hybridized carbons (Fsp3) is 0.714. The molecule has 0 spiro atoms. The first kappa shape index (κ1) is 29.8. The summed E-state index contributed by atoms with van der Waals surface area (Å²) in [5, 5.41) is 20.2. The van der Waals surface area contributed by atoms with Crippen molar-refractivity contribution in [2.75, 3.05) is 46.6 Å². The number of nitrogens with two attached hydrogens (primary N) is 1. The number of hydrogen-bond donors (Lipinski definition) is 3. The van der Waals surface area contributed by atoms with Gasteiger partial charge < -0.3 is 44.0 Å². The van der Waals surface area contributed by atoms with Gasteiger partial charge in [0.2, 0.25) is 0 Å². The van der Waals surface area contributed by atoms with Crippen LogP contribution in [0.15, 0.2) is 17.1 Å². The fourth-order valence-corrected chi connectivity index (χ4v) is 4.47. The van der Waals surface area contributed by atoms with Crippen LogP contribution >= 0.6 is 15.6 Å². The smallest absolute Gasteiger partial charge is 0.756 e. The van der Waals surface area contributed by atoms with E-state index in [1.165, 1.54) is 6.07 Å². The molecule has 32 heavy (non-hydrogen) atoms. The predicted octanol–water partition coefficient (Wildman–Crippen LogP) is -5.86. The number of nitrogen functional groups attached to an aromatic ring is 1. The Morgan fingerprint density at radius 3 is 2.38 bits per heavy atom. The molecule has 0 radical (unpaired) electrons. The van der Waals surface area contributed by atoms with E-state index in [2.05, 4.69) is 18.3 Å². The minimum absolute atomic E-state index is 0. The van der Waals surface area contributed by atoms with Crippen LogP contribution in [0, 0.1) is 0 Å². The quantitative estimate of drug-likeness (QED) is 0.152. The van der Waals surface area contributed by atoms with Crippen LogP contribution < -0.4 is 50.8 Å². The van der Waals surface area contributed by atoms with E-state index < -0.39 is 52.5 Å². The maximum atomic E-state index is 11.9. The average Bonchev–Trinajstić information content (AvgIpc) is 2.86. The second kappa shape index (κ2) is 11.5. The van der Waals surface area contributed by atoms with Crippen molar-refractivity contribution in [1.82, 2.24) is 9.55 Å². The molecule has 1 fully saturated rings. The van der Waals surface area contributed by atoms with Gasteiger partial charge in [0, 0.05) is 6.20 Å². The SMILES string of the molecule is C[N+](C)(C)CCOP(=O)([O-])OP(=O)([O-])OCC1OC(n2ccc(N)nc2=O)C(O)C1O.[Na+]. The number of ether oxygens (including phenoxy) is 1. The van der Waals surface area contributed by atoms with E-state index in [0.29, 0.717) is 4.48 Å². The fourth-order valence-electron chi connectivity index (χ4n) is 2.48. The summed E-state index contributed by atoms with van der Waals surface area (Å²) in [5.41, 5.74) is 4.50.